The number of nitrogens with one attached hydrogen (secondary N) is 1. The Morgan fingerprint density at radius 2 is 1.85 bits per heavy atom. The summed E-state index contributed by atoms with van der Waals surface area (Å²) in [4.78, 5) is 22.7. The minimum absolute atomic E-state index is 0.0508. The Hall–Kier alpha value is -3.02. The van der Waals surface area contributed by atoms with Gasteiger partial charge in [-0.2, -0.15) is 0 Å². The van der Waals surface area contributed by atoms with E-state index in [9.17, 15) is 9.59 Å². The van der Waals surface area contributed by atoms with Crippen LogP contribution in [-0.4, -0.2) is 30.7 Å². The molecule has 0 bridgehead atoms. The summed E-state index contributed by atoms with van der Waals surface area (Å²) in [6.07, 6.45) is 0.377. The number of hydrogen-bond donors (Lipinski definition) is 2. The first kappa shape index (κ1) is 19.3. The van der Waals surface area contributed by atoms with E-state index in [1.807, 2.05) is 37.3 Å². The molecule has 0 saturated heterocycles. The number of amides is 1. The second-order valence-corrected chi connectivity index (χ2v) is 5.98. The average molecular weight is 357 g/mol. The SMILES string of the molecule is COc1ccc(C(C)CC(=O)NCc2cccc(OCC(=O)O)c2)cc1. The highest BCUT2D eigenvalue weighted by molar-refractivity contribution is 5.76. The summed E-state index contributed by atoms with van der Waals surface area (Å²) < 4.78 is 10.3. The van der Waals surface area contributed by atoms with Crippen LogP contribution in [0.3, 0.4) is 0 Å². The molecule has 6 heteroatoms. The predicted molar refractivity (Wildman–Crippen MR) is 97.4 cm³/mol. The van der Waals surface area contributed by atoms with Crippen LogP contribution >= 0.6 is 0 Å². The fraction of sp³-hybridized carbons (Fsp3) is 0.300. The average Bonchev–Trinajstić information content (AvgIpc) is 2.65. The van der Waals surface area contributed by atoms with Crippen molar-refractivity contribution in [2.24, 2.45) is 0 Å². The quantitative estimate of drug-likeness (QED) is 0.721. The highest BCUT2D eigenvalue weighted by Crippen LogP contribution is 2.22. The van der Waals surface area contributed by atoms with Gasteiger partial charge >= 0.3 is 5.97 Å². The predicted octanol–water partition coefficient (Wildman–Crippen LogP) is 2.97. The van der Waals surface area contributed by atoms with Crippen molar-refractivity contribution in [3.8, 4) is 11.5 Å². The molecule has 2 aromatic carbocycles. The van der Waals surface area contributed by atoms with E-state index in [2.05, 4.69) is 5.32 Å². The Balaban J connectivity index is 1.84. The summed E-state index contributed by atoms with van der Waals surface area (Å²) in [5.41, 5.74) is 1.92. The van der Waals surface area contributed by atoms with Gasteiger partial charge in [0.25, 0.3) is 0 Å². The zero-order valence-corrected chi connectivity index (χ0v) is 14.9. The second-order valence-electron chi connectivity index (χ2n) is 5.98. The largest absolute Gasteiger partial charge is 0.497 e. The zero-order chi connectivity index (χ0) is 18.9. The topological polar surface area (TPSA) is 84.9 Å². The summed E-state index contributed by atoms with van der Waals surface area (Å²) in [5, 5.41) is 11.5. The van der Waals surface area contributed by atoms with E-state index < -0.39 is 12.6 Å². The summed E-state index contributed by atoms with van der Waals surface area (Å²) >= 11 is 0. The van der Waals surface area contributed by atoms with Crippen LogP contribution in [-0.2, 0) is 16.1 Å². The van der Waals surface area contributed by atoms with E-state index in [4.69, 9.17) is 14.6 Å². The van der Waals surface area contributed by atoms with Gasteiger partial charge in [-0.05, 0) is 41.3 Å². The fourth-order valence-corrected chi connectivity index (χ4v) is 2.49. The van der Waals surface area contributed by atoms with E-state index in [0.29, 0.717) is 18.7 Å². The Kier molecular flexibility index (Phi) is 7.02. The molecule has 0 aromatic heterocycles. The van der Waals surface area contributed by atoms with Crippen molar-refractivity contribution in [2.75, 3.05) is 13.7 Å². The number of carbonyl (C=O) groups excluding carboxylic acids is 1. The number of carboxylic acid groups (broad SMARTS) is 1. The molecular weight excluding hydrogens is 334 g/mol. The molecule has 1 unspecified atom stereocenters. The molecule has 0 fully saturated rings. The van der Waals surface area contributed by atoms with E-state index in [-0.39, 0.29) is 11.8 Å². The van der Waals surface area contributed by atoms with Crippen LogP contribution < -0.4 is 14.8 Å². The first-order valence-corrected chi connectivity index (χ1v) is 8.32. The minimum Gasteiger partial charge on any atom is -0.497 e. The van der Waals surface area contributed by atoms with Crippen molar-refractivity contribution >= 4 is 11.9 Å². The summed E-state index contributed by atoms with van der Waals surface area (Å²) in [5.74, 6) is 0.258. The molecule has 2 rings (SSSR count). The second kappa shape index (κ2) is 9.46. The molecule has 26 heavy (non-hydrogen) atoms. The monoisotopic (exact) mass is 357 g/mol. The lowest BCUT2D eigenvalue weighted by Gasteiger charge is -2.13. The van der Waals surface area contributed by atoms with Crippen molar-refractivity contribution in [3.05, 3.63) is 59.7 Å². The Labute approximate surface area is 152 Å². The number of ether oxygens (including phenoxy) is 2. The Bertz CT molecular complexity index is 742. The molecule has 138 valence electrons. The molecule has 1 atom stereocenters. The molecule has 0 aliphatic heterocycles. The van der Waals surface area contributed by atoms with Crippen LogP contribution in [0.2, 0.25) is 0 Å². The van der Waals surface area contributed by atoms with Gasteiger partial charge in [-0.3, -0.25) is 4.79 Å². The number of aliphatic carboxylic acids is 1. The number of hydrogen-bond acceptors (Lipinski definition) is 4. The maximum Gasteiger partial charge on any atom is 0.341 e. The number of methoxy groups -OCH3 is 1. The minimum atomic E-state index is -1.03. The van der Waals surface area contributed by atoms with Gasteiger partial charge in [0.15, 0.2) is 6.61 Å². The smallest absolute Gasteiger partial charge is 0.341 e. The summed E-state index contributed by atoms with van der Waals surface area (Å²) in [6.45, 7) is 1.97. The van der Waals surface area contributed by atoms with Gasteiger partial charge in [0.1, 0.15) is 11.5 Å². The van der Waals surface area contributed by atoms with Crippen molar-refractivity contribution in [1.29, 1.82) is 0 Å². The van der Waals surface area contributed by atoms with Crippen LogP contribution in [0.25, 0.3) is 0 Å². The Morgan fingerprint density at radius 1 is 1.12 bits per heavy atom. The van der Waals surface area contributed by atoms with Gasteiger partial charge < -0.3 is 19.9 Å². The number of benzene rings is 2. The number of carbonyl (C=O) groups is 2. The van der Waals surface area contributed by atoms with Crippen LogP contribution in [0.5, 0.6) is 11.5 Å². The molecular formula is C20H23NO5. The van der Waals surface area contributed by atoms with Crippen LogP contribution in [0.1, 0.15) is 30.4 Å². The van der Waals surface area contributed by atoms with Crippen molar-refractivity contribution < 1.29 is 24.2 Å². The summed E-state index contributed by atoms with van der Waals surface area (Å²) in [7, 11) is 1.62. The maximum absolute atomic E-state index is 12.2. The number of carboxylic acids is 1. The van der Waals surface area contributed by atoms with E-state index >= 15 is 0 Å². The van der Waals surface area contributed by atoms with E-state index in [0.717, 1.165) is 16.9 Å². The van der Waals surface area contributed by atoms with E-state index in [1.54, 1.807) is 25.3 Å². The maximum atomic E-state index is 12.2. The van der Waals surface area contributed by atoms with Crippen LogP contribution in [0.4, 0.5) is 0 Å². The third-order valence-corrected chi connectivity index (χ3v) is 3.93. The standard InChI is InChI=1S/C20H23NO5/c1-14(16-6-8-17(25-2)9-7-16)10-19(22)21-12-15-4-3-5-18(11-15)26-13-20(23)24/h3-9,11,14H,10,12-13H2,1-2H3,(H,21,22)(H,23,24). The van der Waals surface area contributed by atoms with Crippen molar-refractivity contribution in [3.63, 3.8) is 0 Å². The lowest BCUT2D eigenvalue weighted by molar-refractivity contribution is -0.139. The van der Waals surface area contributed by atoms with Gasteiger partial charge in [-0.15, -0.1) is 0 Å². The molecule has 0 heterocycles. The molecule has 0 aliphatic rings. The molecule has 1 amide bonds. The molecule has 0 saturated carbocycles. The molecule has 2 aromatic rings. The molecule has 0 aliphatic carbocycles. The first-order chi connectivity index (χ1) is 12.5. The van der Waals surface area contributed by atoms with Crippen molar-refractivity contribution in [2.45, 2.75) is 25.8 Å². The fourth-order valence-electron chi connectivity index (χ4n) is 2.49. The van der Waals surface area contributed by atoms with Gasteiger partial charge in [0.2, 0.25) is 5.91 Å². The third kappa shape index (κ3) is 6.12. The van der Waals surface area contributed by atoms with Crippen LogP contribution in [0, 0.1) is 0 Å². The third-order valence-electron chi connectivity index (χ3n) is 3.93. The lowest BCUT2D eigenvalue weighted by atomic mass is 9.97. The van der Waals surface area contributed by atoms with Gasteiger partial charge in [-0.1, -0.05) is 31.2 Å². The Morgan fingerprint density at radius 3 is 2.50 bits per heavy atom. The summed E-state index contributed by atoms with van der Waals surface area (Å²) in [6, 6.07) is 14.7. The molecule has 0 spiro atoms. The van der Waals surface area contributed by atoms with E-state index in [1.165, 1.54) is 0 Å². The molecule has 6 nitrogen and oxygen atoms in total. The zero-order valence-electron chi connectivity index (χ0n) is 14.9. The van der Waals surface area contributed by atoms with Gasteiger partial charge in [0, 0.05) is 13.0 Å². The van der Waals surface area contributed by atoms with Crippen molar-refractivity contribution in [1.82, 2.24) is 5.32 Å². The van der Waals surface area contributed by atoms with Crippen LogP contribution in [0.15, 0.2) is 48.5 Å². The lowest BCUT2D eigenvalue weighted by Crippen LogP contribution is -2.24. The number of rotatable bonds is 9. The highest BCUT2D eigenvalue weighted by Gasteiger charge is 2.11. The first-order valence-electron chi connectivity index (χ1n) is 8.32. The normalized spacial score (nSPS) is 11.5. The van der Waals surface area contributed by atoms with Gasteiger partial charge in [0.05, 0.1) is 7.11 Å². The molecule has 0 radical (unpaired) electrons. The highest BCUT2D eigenvalue weighted by atomic mass is 16.5. The molecule has 2 N–H and O–H groups in total. The van der Waals surface area contributed by atoms with Gasteiger partial charge in [-0.25, -0.2) is 4.79 Å².